The number of nitrogens with one attached hydrogen (secondary N) is 1. The molecule has 0 aliphatic heterocycles. The molecule has 4 rings (SSSR count). The van der Waals surface area contributed by atoms with Crippen molar-refractivity contribution in [3.05, 3.63) is 64.3 Å². The Kier molecular flexibility index (Phi) is 5.51. The number of carbonyl (C=O) groups excluding carboxylic acids is 1. The normalized spacial score (nSPS) is 13.4. The average molecular weight is 419 g/mol. The molecule has 1 N–H and O–H groups in total. The lowest BCUT2D eigenvalue weighted by molar-refractivity contribution is -0.113. The molecule has 144 valence electrons. The Morgan fingerprint density at radius 3 is 2.79 bits per heavy atom. The van der Waals surface area contributed by atoms with E-state index in [1.54, 1.807) is 0 Å². The first-order valence-electron chi connectivity index (χ1n) is 9.00. The number of hydrogen-bond donors (Lipinski definition) is 1. The minimum Gasteiger partial charge on any atom is -0.323 e. The summed E-state index contributed by atoms with van der Waals surface area (Å²) in [5.74, 6) is -1.73. The SMILES string of the molecule is O=C(CSc1c2c(nc3ccc(Cl)cc13)CCCC2)Nc1ccc(F)cc1F. The second-order valence-corrected chi connectivity index (χ2v) is 8.12. The number of fused-ring (bicyclic) bond motifs is 2. The van der Waals surface area contributed by atoms with Crippen molar-refractivity contribution in [1.29, 1.82) is 0 Å². The van der Waals surface area contributed by atoms with Crippen molar-refractivity contribution >= 4 is 45.9 Å². The van der Waals surface area contributed by atoms with Gasteiger partial charge in [0.2, 0.25) is 5.91 Å². The first-order valence-corrected chi connectivity index (χ1v) is 10.4. The van der Waals surface area contributed by atoms with Crippen molar-refractivity contribution in [2.75, 3.05) is 11.1 Å². The third-order valence-electron chi connectivity index (χ3n) is 4.72. The lowest BCUT2D eigenvalue weighted by Crippen LogP contribution is -2.16. The van der Waals surface area contributed by atoms with E-state index in [9.17, 15) is 13.6 Å². The van der Waals surface area contributed by atoms with Gasteiger partial charge in [-0.05, 0) is 61.6 Å². The minimum atomic E-state index is -0.795. The number of benzene rings is 2. The molecule has 3 aromatic rings. The Morgan fingerprint density at radius 1 is 1.14 bits per heavy atom. The van der Waals surface area contributed by atoms with Gasteiger partial charge in [-0.25, -0.2) is 8.78 Å². The van der Waals surface area contributed by atoms with Crippen molar-refractivity contribution < 1.29 is 13.6 Å². The Balaban J connectivity index is 1.60. The summed E-state index contributed by atoms with van der Waals surface area (Å²) >= 11 is 7.59. The molecular weight excluding hydrogens is 402 g/mol. The van der Waals surface area contributed by atoms with Crippen LogP contribution in [-0.4, -0.2) is 16.6 Å². The van der Waals surface area contributed by atoms with E-state index in [0.717, 1.165) is 59.3 Å². The van der Waals surface area contributed by atoms with Gasteiger partial charge in [0, 0.05) is 27.1 Å². The molecule has 1 aliphatic carbocycles. The molecule has 3 nitrogen and oxygen atoms in total. The smallest absolute Gasteiger partial charge is 0.234 e. The molecule has 7 heteroatoms. The number of halogens is 3. The highest BCUT2D eigenvalue weighted by molar-refractivity contribution is 8.00. The monoisotopic (exact) mass is 418 g/mol. The highest BCUT2D eigenvalue weighted by atomic mass is 35.5. The number of nitrogens with zero attached hydrogens (tertiary/aromatic N) is 1. The molecule has 28 heavy (non-hydrogen) atoms. The van der Waals surface area contributed by atoms with Crippen LogP contribution in [0.2, 0.25) is 5.02 Å². The zero-order valence-electron chi connectivity index (χ0n) is 14.9. The highest BCUT2D eigenvalue weighted by Gasteiger charge is 2.20. The van der Waals surface area contributed by atoms with E-state index in [2.05, 4.69) is 5.32 Å². The molecule has 0 saturated heterocycles. The fourth-order valence-electron chi connectivity index (χ4n) is 3.43. The number of anilines is 1. The van der Waals surface area contributed by atoms with Crippen LogP contribution in [0.4, 0.5) is 14.5 Å². The van der Waals surface area contributed by atoms with Crippen LogP contribution in [0, 0.1) is 11.6 Å². The summed E-state index contributed by atoms with van der Waals surface area (Å²) in [4.78, 5) is 18.1. The van der Waals surface area contributed by atoms with Gasteiger partial charge in [0.15, 0.2) is 0 Å². The minimum absolute atomic E-state index is 0.0309. The van der Waals surface area contributed by atoms with Crippen molar-refractivity contribution in [3.8, 4) is 0 Å². The van der Waals surface area contributed by atoms with Crippen LogP contribution in [0.3, 0.4) is 0 Å². The van der Waals surface area contributed by atoms with Crippen LogP contribution in [0.5, 0.6) is 0 Å². The maximum atomic E-state index is 13.8. The molecule has 0 bridgehead atoms. The molecule has 2 aromatic carbocycles. The van der Waals surface area contributed by atoms with E-state index >= 15 is 0 Å². The van der Waals surface area contributed by atoms with E-state index in [1.807, 2.05) is 18.2 Å². The Hall–Kier alpha value is -2.18. The molecule has 0 spiro atoms. The van der Waals surface area contributed by atoms with Gasteiger partial charge >= 0.3 is 0 Å². The van der Waals surface area contributed by atoms with Gasteiger partial charge in [-0.3, -0.25) is 9.78 Å². The van der Waals surface area contributed by atoms with Gasteiger partial charge in [0.25, 0.3) is 0 Å². The van der Waals surface area contributed by atoms with Crippen molar-refractivity contribution in [2.24, 2.45) is 0 Å². The maximum Gasteiger partial charge on any atom is 0.234 e. The summed E-state index contributed by atoms with van der Waals surface area (Å²) < 4.78 is 26.8. The van der Waals surface area contributed by atoms with Gasteiger partial charge in [-0.1, -0.05) is 11.6 Å². The zero-order chi connectivity index (χ0) is 19.7. The molecule has 1 heterocycles. The number of rotatable bonds is 4. The van der Waals surface area contributed by atoms with E-state index in [-0.39, 0.29) is 17.3 Å². The average Bonchev–Trinajstić information content (AvgIpc) is 2.67. The molecule has 1 aliphatic rings. The van der Waals surface area contributed by atoms with E-state index in [1.165, 1.54) is 23.4 Å². The summed E-state index contributed by atoms with van der Waals surface area (Å²) in [5, 5.41) is 4.05. The lowest BCUT2D eigenvalue weighted by Gasteiger charge is -2.20. The molecular formula is C21H17ClF2N2OS. The van der Waals surface area contributed by atoms with E-state index in [4.69, 9.17) is 16.6 Å². The number of thioether (sulfide) groups is 1. The zero-order valence-corrected chi connectivity index (χ0v) is 16.5. The summed E-state index contributed by atoms with van der Waals surface area (Å²) in [6.07, 6.45) is 4.03. The first kappa shape index (κ1) is 19.2. The van der Waals surface area contributed by atoms with Crippen LogP contribution >= 0.6 is 23.4 Å². The number of aryl methyl sites for hydroxylation is 1. The Morgan fingerprint density at radius 2 is 1.96 bits per heavy atom. The fourth-order valence-corrected chi connectivity index (χ4v) is 4.67. The number of amides is 1. The molecule has 0 fully saturated rings. The summed E-state index contributed by atoms with van der Waals surface area (Å²) in [5.41, 5.74) is 3.08. The summed E-state index contributed by atoms with van der Waals surface area (Å²) in [7, 11) is 0. The standard InChI is InChI=1S/C21H17ClF2N2OS/c22-12-5-7-18-15(9-12)21(14-3-1-2-4-17(14)25-18)28-11-20(27)26-19-8-6-13(23)10-16(19)24/h5-10H,1-4,11H2,(H,26,27). The van der Waals surface area contributed by atoms with Crippen LogP contribution in [0.25, 0.3) is 10.9 Å². The van der Waals surface area contributed by atoms with E-state index < -0.39 is 11.6 Å². The molecule has 0 radical (unpaired) electrons. The van der Waals surface area contributed by atoms with Crippen LogP contribution in [0.15, 0.2) is 41.3 Å². The third-order valence-corrected chi connectivity index (χ3v) is 6.12. The first-order chi connectivity index (χ1) is 13.5. The van der Waals surface area contributed by atoms with Gasteiger partial charge in [0.1, 0.15) is 11.6 Å². The van der Waals surface area contributed by atoms with Crippen molar-refractivity contribution in [2.45, 2.75) is 30.6 Å². The Labute approximate surface area is 170 Å². The number of carbonyl (C=O) groups is 1. The molecule has 0 atom stereocenters. The number of pyridine rings is 1. The lowest BCUT2D eigenvalue weighted by atomic mass is 9.94. The van der Waals surface area contributed by atoms with Crippen LogP contribution < -0.4 is 5.32 Å². The van der Waals surface area contributed by atoms with Gasteiger partial charge in [-0.2, -0.15) is 0 Å². The second-order valence-electron chi connectivity index (χ2n) is 6.70. The van der Waals surface area contributed by atoms with Crippen LogP contribution in [0.1, 0.15) is 24.1 Å². The van der Waals surface area contributed by atoms with Crippen molar-refractivity contribution in [3.63, 3.8) is 0 Å². The predicted molar refractivity (Wildman–Crippen MR) is 109 cm³/mol. The van der Waals surface area contributed by atoms with Crippen LogP contribution in [-0.2, 0) is 17.6 Å². The van der Waals surface area contributed by atoms with E-state index in [0.29, 0.717) is 5.02 Å². The third kappa shape index (κ3) is 3.98. The van der Waals surface area contributed by atoms with Crippen molar-refractivity contribution in [1.82, 2.24) is 4.98 Å². The topological polar surface area (TPSA) is 42.0 Å². The maximum absolute atomic E-state index is 13.8. The molecule has 1 amide bonds. The molecule has 0 unspecified atom stereocenters. The highest BCUT2D eigenvalue weighted by Crippen LogP contribution is 2.37. The quantitative estimate of drug-likeness (QED) is 0.546. The number of hydrogen-bond acceptors (Lipinski definition) is 3. The van der Waals surface area contributed by atoms with Gasteiger partial charge in [0.05, 0.1) is 17.0 Å². The molecule has 1 aromatic heterocycles. The Bertz CT molecular complexity index is 1070. The summed E-state index contributed by atoms with van der Waals surface area (Å²) in [6.45, 7) is 0. The largest absolute Gasteiger partial charge is 0.323 e. The second kappa shape index (κ2) is 8.05. The van der Waals surface area contributed by atoms with Gasteiger partial charge in [-0.15, -0.1) is 11.8 Å². The van der Waals surface area contributed by atoms with Gasteiger partial charge < -0.3 is 5.32 Å². The molecule has 0 saturated carbocycles. The predicted octanol–water partition coefficient (Wildman–Crippen LogP) is 5.78. The number of aromatic nitrogens is 1. The summed E-state index contributed by atoms with van der Waals surface area (Å²) in [6, 6.07) is 8.66. The fraction of sp³-hybridized carbons (Fsp3) is 0.238.